The topological polar surface area (TPSA) is 129 Å². The summed E-state index contributed by atoms with van der Waals surface area (Å²) in [6, 6.07) is 13.3. The molecule has 0 spiro atoms. The van der Waals surface area contributed by atoms with Gasteiger partial charge in [-0.1, -0.05) is 17.7 Å². The van der Waals surface area contributed by atoms with Crippen molar-refractivity contribution in [1.82, 2.24) is 14.7 Å². The molecule has 1 unspecified atom stereocenters. The fraction of sp³-hybridized carbons (Fsp3) is 0.429. The highest BCUT2D eigenvalue weighted by Crippen LogP contribution is 2.55. The number of anilines is 1. The molecule has 2 amide bonds. The maximum absolute atomic E-state index is 15.6. The second-order valence-corrected chi connectivity index (χ2v) is 15.0. The number of carbonyl (C=O) groups is 2. The lowest BCUT2D eigenvalue weighted by Gasteiger charge is -2.42. The SMILES string of the molecule is COc1ccc(S(=O)(=O)N2C(=O)C(c3cc(CN4CCCC4)ccc3OC)(N3C[C@H](O)C[C@H]3C(=O)N(C)C)c3cc(Cl)ccc32)c(OC)c1. The summed E-state index contributed by atoms with van der Waals surface area (Å²) in [7, 11) is 2.77. The maximum Gasteiger partial charge on any atom is 0.274 e. The lowest BCUT2D eigenvalue weighted by atomic mass is 9.80. The van der Waals surface area contributed by atoms with Gasteiger partial charge in [0.25, 0.3) is 15.9 Å². The molecule has 0 aromatic heterocycles. The fourth-order valence-electron chi connectivity index (χ4n) is 7.42. The Balaban J connectivity index is 1.66. The van der Waals surface area contributed by atoms with Crippen LogP contribution in [0.2, 0.25) is 5.02 Å². The minimum Gasteiger partial charge on any atom is -0.497 e. The molecule has 2 saturated heterocycles. The maximum atomic E-state index is 15.6. The summed E-state index contributed by atoms with van der Waals surface area (Å²) in [5, 5.41) is 11.4. The van der Waals surface area contributed by atoms with E-state index in [-0.39, 0.29) is 45.8 Å². The average molecular weight is 713 g/mol. The number of fused-ring (bicyclic) bond motifs is 1. The van der Waals surface area contributed by atoms with E-state index in [0.717, 1.165) is 35.8 Å². The molecule has 0 bridgehead atoms. The van der Waals surface area contributed by atoms with Crippen molar-refractivity contribution in [2.75, 3.05) is 59.4 Å². The number of amides is 2. The van der Waals surface area contributed by atoms with Crippen molar-refractivity contribution in [3.05, 3.63) is 76.3 Å². The van der Waals surface area contributed by atoms with Crippen molar-refractivity contribution >= 4 is 39.1 Å². The van der Waals surface area contributed by atoms with Crippen LogP contribution in [-0.4, -0.2) is 107 Å². The molecule has 49 heavy (non-hydrogen) atoms. The predicted molar refractivity (Wildman–Crippen MR) is 184 cm³/mol. The molecule has 14 heteroatoms. The van der Waals surface area contributed by atoms with Crippen LogP contribution in [0.15, 0.2) is 59.5 Å². The van der Waals surface area contributed by atoms with Gasteiger partial charge in [-0.05, 0) is 80.4 Å². The number of carbonyl (C=O) groups excluding carboxylic acids is 2. The predicted octanol–water partition coefficient (Wildman–Crippen LogP) is 3.46. The number of rotatable bonds is 10. The Hall–Kier alpha value is -3.88. The molecule has 3 aliphatic rings. The van der Waals surface area contributed by atoms with Crippen LogP contribution in [0.1, 0.15) is 36.0 Å². The molecule has 0 aliphatic carbocycles. The molecular weight excluding hydrogens is 672 g/mol. The first-order valence-corrected chi connectivity index (χ1v) is 17.9. The number of methoxy groups -OCH3 is 3. The number of likely N-dealkylation sites (tertiary alicyclic amines) is 2. The van der Waals surface area contributed by atoms with Gasteiger partial charge in [-0.15, -0.1) is 0 Å². The Labute approximate surface area is 291 Å². The van der Waals surface area contributed by atoms with E-state index in [9.17, 15) is 18.3 Å². The second-order valence-electron chi connectivity index (χ2n) is 12.8. The number of likely N-dealkylation sites (N-methyl/N-ethyl adjacent to an activating group) is 1. The number of aliphatic hydroxyl groups is 1. The normalized spacial score (nSPS) is 22.8. The summed E-state index contributed by atoms with van der Waals surface area (Å²) < 4.78 is 47.1. The molecule has 1 N–H and O–H groups in total. The summed E-state index contributed by atoms with van der Waals surface area (Å²) in [4.78, 5) is 34.5. The van der Waals surface area contributed by atoms with Gasteiger partial charge >= 0.3 is 0 Å². The van der Waals surface area contributed by atoms with E-state index in [1.165, 1.54) is 56.6 Å². The molecule has 262 valence electrons. The molecule has 2 fully saturated rings. The molecule has 12 nitrogen and oxygen atoms in total. The van der Waals surface area contributed by atoms with E-state index >= 15 is 4.79 Å². The van der Waals surface area contributed by atoms with Gasteiger partial charge in [-0.2, -0.15) is 0 Å². The molecule has 3 aromatic rings. The third-order valence-corrected chi connectivity index (χ3v) is 11.6. The highest BCUT2D eigenvalue weighted by Gasteiger charge is 2.64. The smallest absolute Gasteiger partial charge is 0.274 e. The van der Waals surface area contributed by atoms with Crippen LogP contribution in [0.4, 0.5) is 5.69 Å². The van der Waals surface area contributed by atoms with Crippen molar-refractivity contribution < 1.29 is 37.3 Å². The number of halogens is 1. The summed E-state index contributed by atoms with van der Waals surface area (Å²) in [6.07, 6.45) is 1.20. The number of hydrogen-bond donors (Lipinski definition) is 1. The first kappa shape index (κ1) is 35.0. The number of nitrogens with zero attached hydrogens (tertiary/aromatic N) is 4. The van der Waals surface area contributed by atoms with Crippen LogP contribution >= 0.6 is 11.6 Å². The minimum atomic E-state index is -4.68. The van der Waals surface area contributed by atoms with Crippen LogP contribution in [0.25, 0.3) is 0 Å². The van der Waals surface area contributed by atoms with Crippen LogP contribution in [0, 0.1) is 0 Å². The molecule has 3 heterocycles. The Bertz CT molecular complexity index is 1880. The van der Waals surface area contributed by atoms with Crippen molar-refractivity contribution in [2.24, 2.45) is 0 Å². The van der Waals surface area contributed by atoms with Crippen LogP contribution < -0.4 is 18.5 Å². The molecular formula is C35H41ClN4O8S. The molecule has 0 saturated carbocycles. The molecule has 3 aromatic carbocycles. The van der Waals surface area contributed by atoms with E-state index in [1.54, 1.807) is 31.1 Å². The standard InChI is InChI=1S/C35H41ClN4O8S/c1-37(2)33(42)29-18-24(41)21-39(29)35(27-16-22(8-12-30(27)47-4)20-38-14-6-7-15-38)26-17-23(36)9-11-28(26)40(34(35)43)49(44,45)32-13-10-25(46-3)19-31(32)48-5/h8-13,16-17,19,24,29,41H,6-7,14-15,18,20-21H2,1-5H3/t24-,29+,35?/m1/s1. The number of hydrogen-bond acceptors (Lipinski definition) is 10. The molecule has 0 radical (unpaired) electrons. The van der Waals surface area contributed by atoms with Gasteiger partial charge < -0.3 is 24.2 Å². The van der Waals surface area contributed by atoms with Gasteiger partial charge in [-0.25, -0.2) is 12.7 Å². The Morgan fingerprint density at radius 3 is 2.33 bits per heavy atom. The second kappa shape index (κ2) is 13.4. The largest absolute Gasteiger partial charge is 0.497 e. The number of aliphatic hydroxyl groups excluding tert-OH is 1. The van der Waals surface area contributed by atoms with E-state index < -0.39 is 33.6 Å². The van der Waals surface area contributed by atoms with Crippen molar-refractivity contribution in [1.29, 1.82) is 0 Å². The highest BCUT2D eigenvalue weighted by molar-refractivity contribution is 7.93. The van der Waals surface area contributed by atoms with Gasteiger partial charge in [0, 0.05) is 49.4 Å². The Morgan fingerprint density at radius 1 is 0.959 bits per heavy atom. The van der Waals surface area contributed by atoms with Crippen molar-refractivity contribution in [3.8, 4) is 17.2 Å². The summed E-state index contributed by atoms with van der Waals surface area (Å²) in [5.74, 6) is -0.575. The minimum absolute atomic E-state index is 0.0246. The van der Waals surface area contributed by atoms with E-state index in [4.69, 9.17) is 25.8 Å². The van der Waals surface area contributed by atoms with Crippen LogP contribution in [-0.2, 0) is 31.7 Å². The average Bonchev–Trinajstić information content (AvgIpc) is 3.80. The summed E-state index contributed by atoms with van der Waals surface area (Å²) in [5.41, 5.74) is -0.458. The molecule has 3 atom stereocenters. The first-order valence-electron chi connectivity index (χ1n) is 16.1. The monoisotopic (exact) mass is 712 g/mol. The lowest BCUT2D eigenvalue weighted by molar-refractivity contribution is -0.138. The zero-order chi connectivity index (χ0) is 35.2. The number of sulfonamides is 1. The van der Waals surface area contributed by atoms with Crippen LogP contribution in [0.3, 0.4) is 0 Å². The Kier molecular flexibility index (Phi) is 9.59. The lowest BCUT2D eigenvalue weighted by Crippen LogP contribution is -2.59. The fourth-order valence-corrected chi connectivity index (χ4v) is 9.19. The first-order chi connectivity index (χ1) is 23.4. The van der Waals surface area contributed by atoms with E-state index in [1.807, 2.05) is 12.1 Å². The highest BCUT2D eigenvalue weighted by atomic mass is 35.5. The van der Waals surface area contributed by atoms with Gasteiger partial charge in [0.1, 0.15) is 22.1 Å². The van der Waals surface area contributed by atoms with Gasteiger partial charge in [0.2, 0.25) is 5.91 Å². The summed E-state index contributed by atoms with van der Waals surface area (Å²) in [6.45, 7) is 2.34. The zero-order valence-electron chi connectivity index (χ0n) is 28.2. The summed E-state index contributed by atoms with van der Waals surface area (Å²) >= 11 is 6.65. The number of β-amino-alcohol motifs (C(OH)–C–C–N with tert-alkyl or cyclic N) is 1. The Morgan fingerprint density at radius 2 is 1.67 bits per heavy atom. The van der Waals surface area contributed by atoms with Gasteiger partial charge in [0.05, 0.1) is 39.2 Å². The molecule has 3 aliphatic heterocycles. The van der Waals surface area contributed by atoms with Gasteiger partial charge in [-0.3, -0.25) is 19.4 Å². The van der Waals surface area contributed by atoms with E-state index in [2.05, 4.69) is 4.90 Å². The van der Waals surface area contributed by atoms with Crippen molar-refractivity contribution in [3.63, 3.8) is 0 Å². The number of benzene rings is 3. The number of ether oxygens (including phenoxy) is 3. The zero-order valence-corrected chi connectivity index (χ0v) is 29.8. The van der Waals surface area contributed by atoms with E-state index in [0.29, 0.717) is 23.6 Å². The quantitative estimate of drug-likeness (QED) is 0.334. The van der Waals surface area contributed by atoms with Crippen LogP contribution in [0.5, 0.6) is 17.2 Å². The third-order valence-electron chi connectivity index (χ3n) is 9.64. The van der Waals surface area contributed by atoms with Crippen molar-refractivity contribution in [2.45, 2.75) is 48.4 Å². The third kappa shape index (κ3) is 5.80. The molecule has 6 rings (SSSR count). The van der Waals surface area contributed by atoms with Gasteiger partial charge in [0.15, 0.2) is 5.54 Å².